The van der Waals surface area contributed by atoms with Gasteiger partial charge >= 0.3 is 0 Å². The Bertz CT molecular complexity index is 2080. The van der Waals surface area contributed by atoms with E-state index < -0.39 is 0 Å². The SMILES string of the molecule is C.CC#N.Cn1nnc(-c2ccc(F)cc2)n1.Cn1nnnc1-c1ccc(F)cc1.Fc1ccc(-c2nn[nH]n2)cc1.[C-]#[N+]c1ccc(F)cc1. The lowest BCUT2D eigenvalue weighted by Crippen LogP contribution is -1.94. The maximum atomic E-state index is 12.6. The zero-order valence-electron chi connectivity index (χ0n) is 26.6. The lowest BCUT2D eigenvalue weighted by Gasteiger charge is -1.97. The van der Waals surface area contributed by atoms with Gasteiger partial charge in [0.05, 0.1) is 19.7 Å². The van der Waals surface area contributed by atoms with Crippen LogP contribution in [0.5, 0.6) is 0 Å². The van der Waals surface area contributed by atoms with E-state index in [0.29, 0.717) is 23.2 Å². The molecule has 0 spiro atoms. The Balaban J connectivity index is 0.000000230. The number of H-pyrrole nitrogens is 1. The fraction of sp³-hybridized carbons (Fsp3) is 0.121. The molecule has 0 atom stereocenters. The molecule has 1 N–H and O–H groups in total. The topological polar surface area (TPSA) is 170 Å². The van der Waals surface area contributed by atoms with E-state index in [1.54, 1.807) is 56.6 Å². The van der Waals surface area contributed by atoms with Gasteiger partial charge in [-0.1, -0.05) is 19.6 Å². The molecule has 0 aliphatic rings. The summed E-state index contributed by atoms with van der Waals surface area (Å²) in [5.41, 5.74) is 2.77. The third-order valence-electron chi connectivity index (χ3n) is 5.74. The number of hydrogen-bond acceptors (Lipinski definition) is 10. The smallest absolute Gasteiger partial charge is 0.204 e. The summed E-state index contributed by atoms with van der Waals surface area (Å²) in [5, 5.41) is 42.9. The standard InChI is InChI=1S/2C8H7FN4.C7H5FN4.C7H4FN.C2H3N.CH4/c1-13-8(10-11-12-13)6-2-4-7(9)5-3-6;1-13-11-8(10-12-13)6-2-4-7(9)5-3-6;8-6-3-1-5(2-4-6)7-9-11-12-10-7;1-9-7-4-2-6(8)3-5-7;1-2-3;/h2*2-5H,1H3;1-4H,(H,9,10,11,12);2-5H;1H3;1H4. The van der Waals surface area contributed by atoms with Crippen molar-refractivity contribution in [1.29, 1.82) is 5.26 Å². The Morgan fingerprint density at radius 1 is 0.667 bits per heavy atom. The molecule has 0 saturated carbocycles. The molecular formula is C33H30F4N14. The predicted molar refractivity (Wildman–Crippen MR) is 179 cm³/mol. The number of hydrogen-bond donors (Lipinski definition) is 1. The summed E-state index contributed by atoms with van der Waals surface area (Å²) < 4.78 is 51.2. The minimum atomic E-state index is -0.303. The molecule has 4 aromatic carbocycles. The molecule has 3 heterocycles. The fourth-order valence-corrected chi connectivity index (χ4v) is 3.47. The van der Waals surface area contributed by atoms with E-state index in [2.05, 4.69) is 56.4 Å². The van der Waals surface area contributed by atoms with Gasteiger partial charge in [0.25, 0.3) is 0 Å². The monoisotopic (exact) mass is 698 g/mol. The van der Waals surface area contributed by atoms with Crippen molar-refractivity contribution in [2.75, 3.05) is 0 Å². The first-order valence-corrected chi connectivity index (χ1v) is 14.0. The first-order chi connectivity index (χ1) is 24.1. The molecule has 0 aliphatic carbocycles. The summed E-state index contributed by atoms with van der Waals surface area (Å²) in [7, 11) is 3.42. The number of aromatic amines is 1. The normalized spacial score (nSPS) is 9.27. The molecule has 0 fully saturated rings. The summed E-state index contributed by atoms with van der Waals surface area (Å²) in [6.07, 6.45) is 0. The zero-order valence-corrected chi connectivity index (χ0v) is 26.6. The van der Waals surface area contributed by atoms with Gasteiger partial charge in [-0.3, -0.25) is 0 Å². The predicted octanol–water partition coefficient (Wildman–Crippen LogP) is 6.58. The average Bonchev–Trinajstić information content (AvgIpc) is 3.91. The number of aromatic nitrogens is 12. The second kappa shape index (κ2) is 20.9. The van der Waals surface area contributed by atoms with Crippen molar-refractivity contribution in [1.82, 2.24) is 61.0 Å². The highest BCUT2D eigenvalue weighted by Gasteiger charge is 2.05. The van der Waals surface area contributed by atoms with E-state index in [1.165, 1.54) is 77.1 Å². The minimum absolute atomic E-state index is 0. The number of nitrogens with zero attached hydrogens (tertiary/aromatic N) is 13. The Morgan fingerprint density at radius 3 is 1.49 bits per heavy atom. The van der Waals surface area contributed by atoms with Gasteiger partial charge in [-0.15, -0.1) is 25.5 Å². The van der Waals surface area contributed by atoms with E-state index in [1.807, 2.05) is 0 Å². The molecule has 0 bridgehead atoms. The molecule has 0 radical (unpaired) electrons. The molecular weight excluding hydrogens is 668 g/mol. The fourth-order valence-electron chi connectivity index (χ4n) is 3.47. The molecule has 0 unspecified atom stereocenters. The third-order valence-corrected chi connectivity index (χ3v) is 5.74. The molecule has 14 nitrogen and oxygen atoms in total. The maximum absolute atomic E-state index is 12.6. The van der Waals surface area contributed by atoms with Gasteiger partial charge in [0.2, 0.25) is 11.6 Å². The summed E-state index contributed by atoms with van der Waals surface area (Å²) in [6.45, 7) is 7.95. The van der Waals surface area contributed by atoms with Crippen molar-refractivity contribution in [3.63, 3.8) is 0 Å². The van der Waals surface area contributed by atoms with Crippen molar-refractivity contribution < 1.29 is 17.6 Å². The van der Waals surface area contributed by atoms with Crippen LogP contribution in [0.1, 0.15) is 14.4 Å². The largest absolute Gasteiger partial charge is 0.238 e. The Hall–Kier alpha value is -7.21. The van der Waals surface area contributed by atoms with Gasteiger partial charge in [-0.2, -0.15) is 15.3 Å². The molecule has 0 amide bonds. The third kappa shape index (κ3) is 13.4. The number of nitrogens with one attached hydrogen (secondary N) is 1. The molecule has 0 aliphatic heterocycles. The Labute approximate surface area is 289 Å². The van der Waals surface area contributed by atoms with Crippen molar-refractivity contribution in [2.24, 2.45) is 14.1 Å². The van der Waals surface area contributed by atoms with Crippen LogP contribution in [0, 0.1) is 41.2 Å². The van der Waals surface area contributed by atoms with Crippen LogP contribution in [0.2, 0.25) is 0 Å². The second-order valence-electron chi connectivity index (χ2n) is 9.30. The molecule has 51 heavy (non-hydrogen) atoms. The highest BCUT2D eigenvalue weighted by atomic mass is 19.1. The number of aryl methyl sites for hydroxylation is 2. The van der Waals surface area contributed by atoms with E-state index >= 15 is 0 Å². The quantitative estimate of drug-likeness (QED) is 0.157. The van der Waals surface area contributed by atoms with Crippen LogP contribution < -0.4 is 0 Å². The molecule has 7 rings (SSSR count). The Kier molecular flexibility index (Phi) is 16.4. The molecule has 3 aromatic heterocycles. The second-order valence-corrected chi connectivity index (χ2v) is 9.30. The van der Waals surface area contributed by atoms with E-state index in [4.69, 9.17) is 11.8 Å². The summed E-state index contributed by atoms with van der Waals surface area (Å²) in [4.78, 5) is 4.45. The van der Waals surface area contributed by atoms with Crippen molar-refractivity contribution in [2.45, 2.75) is 14.4 Å². The van der Waals surface area contributed by atoms with Crippen LogP contribution in [0.25, 0.3) is 39.0 Å². The van der Waals surface area contributed by atoms with Crippen molar-refractivity contribution in [3.05, 3.63) is 132 Å². The van der Waals surface area contributed by atoms with Gasteiger partial charge in [0, 0.05) is 30.7 Å². The highest BCUT2D eigenvalue weighted by Crippen LogP contribution is 2.15. The van der Waals surface area contributed by atoms with Crippen molar-refractivity contribution in [3.8, 4) is 40.2 Å². The van der Waals surface area contributed by atoms with E-state index in [0.717, 1.165) is 16.7 Å². The summed E-state index contributed by atoms with van der Waals surface area (Å²) >= 11 is 0. The van der Waals surface area contributed by atoms with Crippen LogP contribution in [0.4, 0.5) is 23.2 Å². The Morgan fingerprint density at radius 2 is 1.12 bits per heavy atom. The number of rotatable bonds is 3. The van der Waals surface area contributed by atoms with Gasteiger partial charge < -0.3 is 0 Å². The molecule has 260 valence electrons. The molecule has 0 saturated heterocycles. The number of benzene rings is 4. The summed E-state index contributed by atoms with van der Waals surface area (Å²) in [5.74, 6) is 0.480. The lowest BCUT2D eigenvalue weighted by atomic mass is 10.2. The van der Waals surface area contributed by atoms with Crippen LogP contribution in [0.3, 0.4) is 0 Å². The first kappa shape index (κ1) is 40.0. The molecule has 18 heteroatoms. The average molecular weight is 699 g/mol. The van der Waals surface area contributed by atoms with Crippen LogP contribution in [0.15, 0.2) is 97.1 Å². The lowest BCUT2D eigenvalue weighted by molar-refractivity contribution is 0.627. The van der Waals surface area contributed by atoms with Crippen LogP contribution >= 0.6 is 0 Å². The van der Waals surface area contributed by atoms with E-state index in [-0.39, 0.29) is 30.7 Å². The summed E-state index contributed by atoms with van der Waals surface area (Å²) in [6, 6.07) is 25.1. The van der Waals surface area contributed by atoms with Gasteiger partial charge in [-0.25, -0.2) is 27.1 Å². The molecule has 7 aromatic rings. The number of halogens is 4. The zero-order chi connectivity index (χ0) is 36.3. The van der Waals surface area contributed by atoms with Crippen LogP contribution in [-0.4, -0.2) is 61.0 Å². The highest BCUT2D eigenvalue weighted by molar-refractivity contribution is 5.54. The van der Waals surface area contributed by atoms with Gasteiger partial charge in [0.15, 0.2) is 11.5 Å². The number of nitriles is 1. The van der Waals surface area contributed by atoms with Crippen LogP contribution in [-0.2, 0) is 14.1 Å². The minimum Gasteiger partial charge on any atom is -0.238 e. The van der Waals surface area contributed by atoms with Gasteiger partial charge in [-0.05, 0) is 106 Å². The van der Waals surface area contributed by atoms with E-state index in [9.17, 15) is 17.6 Å². The van der Waals surface area contributed by atoms with Crippen molar-refractivity contribution >= 4 is 5.69 Å². The number of tetrazole rings is 3. The van der Waals surface area contributed by atoms with Gasteiger partial charge in [0.1, 0.15) is 23.3 Å². The maximum Gasteiger partial charge on any atom is 0.204 e. The first-order valence-electron chi connectivity index (χ1n) is 14.0.